The van der Waals surface area contributed by atoms with Crippen LogP contribution in [0.5, 0.6) is 0 Å². The summed E-state index contributed by atoms with van der Waals surface area (Å²) in [6.45, 7) is 0.422. The van der Waals surface area contributed by atoms with Gasteiger partial charge >= 0.3 is 5.97 Å². The Kier molecular flexibility index (Phi) is 6.02. The molecule has 1 atom stereocenters. The van der Waals surface area contributed by atoms with Gasteiger partial charge in [0.05, 0.1) is 7.11 Å². The second kappa shape index (κ2) is 7.53. The van der Waals surface area contributed by atoms with Crippen molar-refractivity contribution in [1.82, 2.24) is 10.2 Å². The molecule has 5 nitrogen and oxygen atoms in total. The average molecular weight is 264 g/mol. The number of carbonyl (C=O) groups is 2. The van der Waals surface area contributed by atoms with Crippen LogP contribution in [0.2, 0.25) is 0 Å². The predicted octanol–water partition coefficient (Wildman–Crippen LogP) is 0.969. The minimum atomic E-state index is -0.541. The quantitative estimate of drug-likeness (QED) is 0.778. The molecule has 0 fully saturated rings. The number of nitrogens with one attached hydrogen (secondary N) is 1. The first kappa shape index (κ1) is 15.2. The van der Waals surface area contributed by atoms with Crippen LogP contribution >= 0.6 is 0 Å². The van der Waals surface area contributed by atoms with Gasteiger partial charge in [-0.15, -0.1) is 0 Å². The van der Waals surface area contributed by atoms with Crippen molar-refractivity contribution in [1.29, 1.82) is 0 Å². The maximum Gasteiger partial charge on any atom is 0.327 e. The van der Waals surface area contributed by atoms with Crippen molar-refractivity contribution in [2.24, 2.45) is 0 Å². The van der Waals surface area contributed by atoms with E-state index >= 15 is 0 Å². The molecule has 1 aromatic carbocycles. The van der Waals surface area contributed by atoms with Crippen molar-refractivity contribution in [2.45, 2.75) is 12.5 Å². The Hall–Kier alpha value is -1.88. The van der Waals surface area contributed by atoms with Crippen LogP contribution in [-0.4, -0.2) is 44.5 Å². The normalized spacial score (nSPS) is 11.7. The van der Waals surface area contributed by atoms with Crippen LogP contribution in [0.25, 0.3) is 0 Å². The summed E-state index contributed by atoms with van der Waals surface area (Å²) in [6.07, 6.45) is 0.341. The van der Waals surface area contributed by atoms with Gasteiger partial charge in [-0.1, -0.05) is 30.3 Å². The van der Waals surface area contributed by atoms with Crippen molar-refractivity contribution in [2.75, 3.05) is 27.7 Å². The molecule has 5 heteroatoms. The Labute approximate surface area is 113 Å². The fourth-order valence-electron chi connectivity index (χ4n) is 1.65. The molecule has 0 radical (unpaired) electrons. The summed E-state index contributed by atoms with van der Waals surface area (Å²) in [5.41, 5.74) is 0.826. The Balaban J connectivity index is 2.62. The third kappa shape index (κ3) is 4.71. The smallest absolute Gasteiger partial charge is 0.327 e. The first-order valence-corrected chi connectivity index (χ1v) is 6.12. The number of hydrogen-bond acceptors (Lipinski definition) is 4. The van der Waals surface area contributed by atoms with E-state index in [9.17, 15) is 9.59 Å². The number of methoxy groups -OCH3 is 1. The third-order valence-electron chi connectivity index (χ3n) is 2.76. The Morgan fingerprint density at radius 1 is 1.26 bits per heavy atom. The molecule has 0 saturated carbocycles. The molecule has 1 aromatic rings. The number of carbonyl (C=O) groups excluding carboxylic acids is 2. The zero-order valence-corrected chi connectivity index (χ0v) is 11.6. The molecular weight excluding hydrogens is 244 g/mol. The molecule has 0 heterocycles. The zero-order valence-electron chi connectivity index (χ0n) is 11.6. The number of nitrogens with zero attached hydrogens (tertiary/aromatic N) is 1. The number of benzene rings is 1. The summed E-state index contributed by atoms with van der Waals surface area (Å²) in [6, 6.07) is 8.76. The fourth-order valence-corrected chi connectivity index (χ4v) is 1.65. The van der Waals surface area contributed by atoms with Gasteiger partial charge < -0.3 is 15.0 Å². The van der Waals surface area contributed by atoms with Gasteiger partial charge in [-0.3, -0.25) is 4.79 Å². The maximum absolute atomic E-state index is 11.7. The lowest BCUT2D eigenvalue weighted by molar-refractivity contribution is -0.143. The monoisotopic (exact) mass is 264 g/mol. The molecule has 19 heavy (non-hydrogen) atoms. The molecule has 0 spiro atoms. The summed E-state index contributed by atoms with van der Waals surface area (Å²) in [4.78, 5) is 24.7. The van der Waals surface area contributed by atoms with Crippen molar-refractivity contribution in [3.05, 3.63) is 35.9 Å². The Bertz CT molecular complexity index is 418. The van der Waals surface area contributed by atoms with E-state index < -0.39 is 6.04 Å². The van der Waals surface area contributed by atoms with Gasteiger partial charge in [0.15, 0.2) is 0 Å². The van der Waals surface area contributed by atoms with Gasteiger partial charge in [-0.05, 0) is 5.56 Å². The number of amides is 1. The molecular formula is C14H20N2O3. The summed E-state index contributed by atoms with van der Waals surface area (Å²) in [7, 11) is 4.76. The van der Waals surface area contributed by atoms with Crippen molar-refractivity contribution in [3.63, 3.8) is 0 Å². The minimum absolute atomic E-state index is 0.0178. The van der Waals surface area contributed by atoms with Crippen LogP contribution < -0.4 is 5.32 Å². The van der Waals surface area contributed by atoms with Gasteiger partial charge in [-0.25, -0.2) is 4.79 Å². The van der Waals surface area contributed by atoms with E-state index in [0.29, 0.717) is 13.0 Å². The summed E-state index contributed by atoms with van der Waals surface area (Å²) >= 11 is 0. The fraction of sp³-hybridized carbons (Fsp3) is 0.429. The molecule has 1 amide bonds. The number of ether oxygens (including phenoxy) is 1. The van der Waals surface area contributed by atoms with Crippen molar-refractivity contribution >= 4 is 11.9 Å². The molecule has 1 unspecified atom stereocenters. The first-order chi connectivity index (χ1) is 9.06. The molecule has 0 aliphatic heterocycles. The second-order valence-corrected chi connectivity index (χ2v) is 4.36. The molecule has 1 N–H and O–H groups in total. The lowest BCUT2D eigenvalue weighted by atomic mass is 10.1. The zero-order chi connectivity index (χ0) is 14.3. The van der Waals surface area contributed by atoms with Gasteiger partial charge in [-0.2, -0.15) is 0 Å². The van der Waals surface area contributed by atoms with E-state index in [0.717, 1.165) is 5.56 Å². The molecule has 0 aliphatic rings. The molecule has 104 valence electrons. The van der Waals surface area contributed by atoms with E-state index in [-0.39, 0.29) is 11.9 Å². The van der Waals surface area contributed by atoms with Gasteiger partial charge in [0.25, 0.3) is 0 Å². The molecule has 0 aliphatic carbocycles. The van der Waals surface area contributed by atoms with Crippen LogP contribution in [0.4, 0.5) is 0 Å². The van der Waals surface area contributed by atoms with Crippen LogP contribution in [0, 0.1) is 0 Å². The molecule has 1 rings (SSSR count). The van der Waals surface area contributed by atoms with Crippen LogP contribution in [0.3, 0.4) is 0 Å². The lowest BCUT2D eigenvalue weighted by Gasteiger charge is -2.17. The molecule has 0 saturated heterocycles. The predicted molar refractivity (Wildman–Crippen MR) is 72.5 cm³/mol. The van der Waals surface area contributed by atoms with Crippen molar-refractivity contribution in [3.8, 4) is 0 Å². The maximum atomic E-state index is 11.7. The van der Waals surface area contributed by atoms with Crippen LogP contribution in [0.1, 0.15) is 18.0 Å². The van der Waals surface area contributed by atoms with Crippen LogP contribution in [0.15, 0.2) is 30.3 Å². The van der Waals surface area contributed by atoms with E-state index in [4.69, 9.17) is 4.74 Å². The van der Waals surface area contributed by atoms with E-state index in [2.05, 4.69) is 5.32 Å². The van der Waals surface area contributed by atoms with Crippen LogP contribution in [-0.2, 0) is 14.3 Å². The number of esters is 1. The molecule has 0 bridgehead atoms. The SMILES string of the molecule is COC(=O)C(NCCC(=O)N(C)C)c1ccccc1. The highest BCUT2D eigenvalue weighted by atomic mass is 16.5. The summed E-state index contributed by atoms with van der Waals surface area (Å²) in [5, 5.41) is 3.05. The van der Waals surface area contributed by atoms with E-state index in [1.165, 1.54) is 12.0 Å². The Morgan fingerprint density at radius 3 is 2.42 bits per heavy atom. The lowest BCUT2D eigenvalue weighted by Crippen LogP contribution is -2.33. The standard InChI is InChI=1S/C14H20N2O3/c1-16(2)12(17)9-10-15-13(14(18)19-3)11-7-5-4-6-8-11/h4-8,13,15H,9-10H2,1-3H3. The van der Waals surface area contributed by atoms with E-state index in [1.807, 2.05) is 30.3 Å². The van der Waals surface area contributed by atoms with Gasteiger partial charge in [0.2, 0.25) is 5.91 Å². The molecule has 0 aromatic heterocycles. The third-order valence-corrected chi connectivity index (χ3v) is 2.76. The first-order valence-electron chi connectivity index (χ1n) is 6.12. The number of hydrogen-bond donors (Lipinski definition) is 1. The second-order valence-electron chi connectivity index (χ2n) is 4.36. The summed E-state index contributed by atoms with van der Waals surface area (Å²) < 4.78 is 4.77. The Morgan fingerprint density at radius 2 is 1.89 bits per heavy atom. The average Bonchev–Trinajstić information content (AvgIpc) is 2.43. The van der Waals surface area contributed by atoms with Gasteiger partial charge in [0.1, 0.15) is 6.04 Å². The van der Waals surface area contributed by atoms with E-state index in [1.54, 1.807) is 14.1 Å². The minimum Gasteiger partial charge on any atom is -0.468 e. The van der Waals surface area contributed by atoms with Gasteiger partial charge in [0, 0.05) is 27.1 Å². The highest BCUT2D eigenvalue weighted by Crippen LogP contribution is 2.13. The highest BCUT2D eigenvalue weighted by molar-refractivity contribution is 5.78. The topological polar surface area (TPSA) is 58.6 Å². The summed E-state index contributed by atoms with van der Waals surface area (Å²) in [5.74, 6) is -0.340. The van der Waals surface area contributed by atoms with Crippen molar-refractivity contribution < 1.29 is 14.3 Å². The number of rotatable bonds is 6. The highest BCUT2D eigenvalue weighted by Gasteiger charge is 2.20. The largest absolute Gasteiger partial charge is 0.468 e.